The van der Waals surface area contributed by atoms with Crippen LogP contribution in [0.2, 0.25) is 0 Å². The molecule has 0 spiro atoms. The van der Waals surface area contributed by atoms with Gasteiger partial charge in [0.05, 0.1) is 16.8 Å². The van der Waals surface area contributed by atoms with Crippen molar-refractivity contribution in [3.8, 4) is 10.6 Å². The van der Waals surface area contributed by atoms with Crippen molar-refractivity contribution >= 4 is 22.4 Å². The molecule has 3 heterocycles. The molecule has 0 atom stereocenters. The summed E-state index contributed by atoms with van der Waals surface area (Å²) < 4.78 is 0. The standard InChI is InChI=1S/C10H7N3S/c1-2-9(14-5-1)8-4-3-7-6-11-13-10(7)12-8/h1-6H,(H,11,12,13). The van der Waals surface area contributed by atoms with E-state index in [2.05, 4.69) is 21.2 Å². The van der Waals surface area contributed by atoms with Crippen LogP contribution >= 0.6 is 11.3 Å². The first-order valence-electron chi connectivity index (χ1n) is 4.27. The lowest BCUT2D eigenvalue weighted by atomic mass is 10.3. The van der Waals surface area contributed by atoms with Crippen LogP contribution in [0.4, 0.5) is 0 Å². The van der Waals surface area contributed by atoms with Crippen molar-refractivity contribution in [2.45, 2.75) is 0 Å². The van der Waals surface area contributed by atoms with E-state index in [0.29, 0.717) is 0 Å². The molecule has 3 aromatic heterocycles. The van der Waals surface area contributed by atoms with E-state index in [1.807, 2.05) is 23.6 Å². The van der Waals surface area contributed by atoms with E-state index in [-0.39, 0.29) is 0 Å². The van der Waals surface area contributed by atoms with E-state index in [0.717, 1.165) is 16.7 Å². The van der Waals surface area contributed by atoms with Gasteiger partial charge in [-0.05, 0) is 23.6 Å². The molecule has 0 aromatic carbocycles. The minimum Gasteiger partial charge on any atom is -0.261 e. The van der Waals surface area contributed by atoms with Crippen molar-refractivity contribution in [3.63, 3.8) is 0 Å². The average molecular weight is 201 g/mol. The highest BCUT2D eigenvalue weighted by Gasteiger charge is 2.02. The van der Waals surface area contributed by atoms with Crippen molar-refractivity contribution < 1.29 is 0 Å². The van der Waals surface area contributed by atoms with Gasteiger partial charge in [-0.1, -0.05) is 6.07 Å². The minimum absolute atomic E-state index is 0.843. The predicted molar refractivity (Wildman–Crippen MR) is 57.2 cm³/mol. The molecule has 3 aromatic rings. The number of aromatic nitrogens is 3. The lowest BCUT2D eigenvalue weighted by molar-refractivity contribution is 1.10. The quantitative estimate of drug-likeness (QED) is 0.657. The van der Waals surface area contributed by atoms with E-state index >= 15 is 0 Å². The molecule has 3 rings (SSSR count). The van der Waals surface area contributed by atoms with E-state index in [4.69, 9.17) is 0 Å². The summed E-state index contributed by atoms with van der Waals surface area (Å²) in [5, 5.41) is 9.90. The molecule has 0 unspecified atom stereocenters. The number of aromatic amines is 1. The van der Waals surface area contributed by atoms with Crippen molar-refractivity contribution in [1.29, 1.82) is 0 Å². The van der Waals surface area contributed by atoms with E-state index < -0.39 is 0 Å². The third-order valence-electron chi connectivity index (χ3n) is 2.07. The van der Waals surface area contributed by atoms with Gasteiger partial charge in [0.1, 0.15) is 0 Å². The third-order valence-corrected chi connectivity index (χ3v) is 2.97. The Kier molecular flexibility index (Phi) is 1.61. The average Bonchev–Trinajstić information content (AvgIpc) is 2.88. The molecule has 3 nitrogen and oxygen atoms in total. The van der Waals surface area contributed by atoms with Crippen molar-refractivity contribution in [2.24, 2.45) is 0 Å². The molecule has 0 aliphatic heterocycles. The lowest BCUT2D eigenvalue weighted by Gasteiger charge is -1.95. The highest BCUT2D eigenvalue weighted by atomic mass is 32.1. The lowest BCUT2D eigenvalue weighted by Crippen LogP contribution is -1.80. The van der Waals surface area contributed by atoms with Crippen LogP contribution in [0.5, 0.6) is 0 Å². The molecule has 0 aliphatic carbocycles. The number of thiophene rings is 1. The Bertz CT molecular complexity index is 554. The predicted octanol–water partition coefficient (Wildman–Crippen LogP) is 2.69. The topological polar surface area (TPSA) is 41.6 Å². The summed E-state index contributed by atoms with van der Waals surface area (Å²) in [5.74, 6) is 0. The zero-order valence-electron chi connectivity index (χ0n) is 7.27. The van der Waals surface area contributed by atoms with Crippen molar-refractivity contribution in [2.75, 3.05) is 0 Å². The minimum atomic E-state index is 0.843. The zero-order valence-corrected chi connectivity index (χ0v) is 8.08. The summed E-state index contributed by atoms with van der Waals surface area (Å²) in [5.41, 5.74) is 1.84. The summed E-state index contributed by atoms with van der Waals surface area (Å²) in [4.78, 5) is 5.65. The monoisotopic (exact) mass is 201 g/mol. The second-order valence-corrected chi connectivity index (χ2v) is 3.93. The van der Waals surface area contributed by atoms with Gasteiger partial charge < -0.3 is 0 Å². The number of hydrogen-bond donors (Lipinski definition) is 1. The first kappa shape index (κ1) is 7.70. The fourth-order valence-electron chi connectivity index (χ4n) is 1.39. The van der Waals surface area contributed by atoms with E-state index in [1.54, 1.807) is 17.5 Å². The fourth-order valence-corrected chi connectivity index (χ4v) is 2.08. The second-order valence-electron chi connectivity index (χ2n) is 2.98. The fraction of sp³-hybridized carbons (Fsp3) is 0. The van der Waals surface area contributed by atoms with Crippen molar-refractivity contribution in [1.82, 2.24) is 15.2 Å². The van der Waals surface area contributed by atoms with Crippen LogP contribution < -0.4 is 0 Å². The Hall–Kier alpha value is -1.68. The SMILES string of the molecule is c1csc(-c2ccc3cn[nH]c3n2)c1. The van der Waals surface area contributed by atoms with Gasteiger partial charge >= 0.3 is 0 Å². The van der Waals surface area contributed by atoms with Crippen LogP contribution in [-0.2, 0) is 0 Å². The highest BCUT2D eigenvalue weighted by Crippen LogP contribution is 2.23. The number of H-pyrrole nitrogens is 1. The molecule has 68 valence electrons. The first-order valence-corrected chi connectivity index (χ1v) is 5.15. The van der Waals surface area contributed by atoms with Crippen LogP contribution in [0, 0.1) is 0 Å². The molecule has 0 aliphatic rings. The number of fused-ring (bicyclic) bond motifs is 1. The summed E-state index contributed by atoms with van der Waals surface area (Å²) in [6, 6.07) is 8.14. The largest absolute Gasteiger partial charge is 0.261 e. The van der Waals surface area contributed by atoms with Crippen LogP contribution in [0.3, 0.4) is 0 Å². The highest BCUT2D eigenvalue weighted by molar-refractivity contribution is 7.13. The third kappa shape index (κ3) is 1.12. The van der Waals surface area contributed by atoms with E-state index in [1.165, 1.54) is 4.88 Å². The number of pyridine rings is 1. The summed E-state index contributed by atoms with van der Waals surface area (Å²) in [6.07, 6.45) is 1.78. The van der Waals surface area contributed by atoms with Crippen molar-refractivity contribution in [3.05, 3.63) is 35.8 Å². The molecule has 1 N–H and O–H groups in total. The van der Waals surface area contributed by atoms with Gasteiger partial charge in [-0.15, -0.1) is 11.3 Å². The number of nitrogens with zero attached hydrogens (tertiary/aromatic N) is 2. The molecular formula is C10H7N3S. The van der Waals surface area contributed by atoms with Gasteiger partial charge in [-0.2, -0.15) is 5.10 Å². The molecule has 14 heavy (non-hydrogen) atoms. The Morgan fingerprint density at radius 1 is 1.21 bits per heavy atom. The molecule has 0 saturated carbocycles. The zero-order chi connectivity index (χ0) is 9.38. The van der Waals surface area contributed by atoms with Gasteiger partial charge in [0.2, 0.25) is 0 Å². The van der Waals surface area contributed by atoms with E-state index in [9.17, 15) is 0 Å². The Balaban J connectivity index is 2.23. The van der Waals surface area contributed by atoms with Gasteiger partial charge in [0.15, 0.2) is 5.65 Å². The van der Waals surface area contributed by atoms with Crippen LogP contribution in [0.25, 0.3) is 21.6 Å². The molecular weight excluding hydrogens is 194 g/mol. The maximum atomic E-state index is 4.47. The number of rotatable bonds is 1. The maximum Gasteiger partial charge on any atom is 0.155 e. The van der Waals surface area contributed by atoms with Crippen LogP contribution in [0.15, 0.2) is 35.8 Å². The molecule has 0 amide bonds. The smallest absolute Gasteiger partial charge is 0.155 e. The molecule has 0 bridgehead atoms. The Labute approximate surface area is 84.4 Å². The molecule has 0 fully saturated rings. The Morgan fingerprint density at radius 3 is 3.07 bits per heavy atom. The maximum absolute atomic E-state index is 4.47. The number of hydrogen-bond acceptors (Lipinski definition) is 3. The van der Waals surface area contributed by atoms with Crippen LogP contribution in [0.1, 0.15) is 0 Å². The van der Waals surface area contributed by atoms with Gasteiger partial charge in [0.25, 0.3) is 0 Å². The molecule has 0 saturated heterocycles. The first-order chi connectivity index (χ1) is 6.93. The summed E-state index contributed by atoms with van der Waals surface area (Å²) >= 11 is 1.69. The number of nitrogens with one attached hydrogen (secondary N) is 1. The molecule has 0 radical (unpaired) electrons. The normalized spacial score (nSPS) is 10.9. The van der Waals surface area contributed by atoms with Gasteiger partial charge in [-0.3, -0.25) is 5.10 Å². The van der Waals surface area contributed by atoms with Crippen LogP contribution in [-0.4, -0.2) is 15.2 Å². The van der Waals surface area contributed by atoms with Gasteiger partial charge in [0, 0.05) is 5.39 Å². The Morgan fingerprint density at radius 2 is 2.21 bits per heavy atom. The second kappa shape index (κ2) is 2.92. The van der Waals surface area contributed by atoms with Gasteiger partial charge in [-0.25, -0.2) is 4.98 Å². The molecule has 4 heteroatoms. The summed E-state index contributed by atoms with van der Waals surface area (Å²) in [6.45, 7) is 0. The summed E-state index contributed by atoms with van der Waals surface area (Å²) in [7, 11) is 0.